The van der Waals surface area contributed by atoms with Crippen LogP contribution in [-0.2, 0) is 0 Å². The van der Waals surface area contributed by atoms with Gasteiger partial charge in [-0.15, -0.1) is 0 Å². The maximum absolute atomic E-state index is 12.4. The molecule has 2 nitrogen and oxygen atoms in total. The number of allylic oxidation sites excluding steroid dienone is 2. The van der Waals surface area contributed by atoms with E-state index in [0.717, 1.165) is 11.8 Å². The Kier molecular flexibility index (Phi) is 3.39. The predicted octanol–water partition coefficient (Wildman–Crippen LogP) is 1.75. The number of rotatable bonds is 2. The van der Waals surface area contributed by atoms with Crippen LogP contribution in [0.4, 0.5) is 4.39 Å². The van der Waals surface area contributed by atoms with Crippen molar-refractivity contribution in [1.29, 1.82) is 0 Å². The molecule has 0 fully saturated rings. The Morgan fingerprint density at radius 3 is 2.40 bits per heavy atom. The van der Waals surface area contributed by atoms with Crippen molar-refractivity contribution in [3.05, 3.63) is 24.3 Å². The quantitative estimate of drug-likeness (QED) is 0.463. The fourth-order valence-corrected chi connectivity index (χ4v) is 0.399. The molecular weight excluding hydrogens is 131 g/mol. The Labute approximate surface area is 60.0 Å². The fraction of sp³-hybridized carbons (Fsp3) is 0.286. The number of aliphatic imine (C=N–C) groups is 1. The SMILES string of the molecule is C=C/C(F)=C(/N)N=C(C)C. The van der Waals surface area contributed by atoms with Crippen LogP contribution in [0.3, 0.4) is 0 Å². The molecule has 0 radical (unpaired) electrons. The second-order valence-corrected chi connectivity index (χ2v) is 2.00. The number of nitrogens with zero attached hydrogens (tertiary/aromatic N) is 1. The van der Waals surface area contributed by atoms with E-state index in [9.17, 15) is 4.39 Å². The molecule has 0 aliphatic heterocycles. The summed E-state index contributed by atoms with van der Waals surface area (Å²) < 4.78 is 12.4. The van der Waals surface area contributed by atoms with Gasteiger partial charge in [-0.3, -0.25) is 0 Å². The summed E-state index contributed by atoms with van der Waals surface area (Å²) in [5, 5.41) is 0. The summed E-state index contributed by atoms with van der Waals surface area (Å²) in [5.41, 5.74) is 5.89. The van der Waals surface area contributed by atoms with Gasteiger partial charge < -0.3 is 5.73 Å². The van der Waals surface area contributed by atoms with Crippen molar-refractivity contribution >= 4 is 5.71 Å². The van der Waals surface area contributed by atoms with Crippen molar-refractivity contribution in [3.8, 4) is 0 Å². The number of hydrogen-bond donors (Lipinski definition) is 1. The third kappa shape index (κ3) is 3.02. The molecule has 3 heteroatoms. The van der Waals surface area contributed by atoms with Crippen molar-refractivity contribution < 1.29 is 4.39 Å². The van der Waals surface area contributed by atoms with E-state index in [2.05, 4.69) is 11.6 Å². The highest BCUT2D eigenvalue weighted by molar-refractivity contribution is 5.80. The molecule has 0 aromatic rings. The lowest BCUT2D eigenvalue weighted by atomic mass is 10.4. The van der Waals surface area contributed by atoms with Gasteiger partial charge in [0, 0.05) is 5.71 Å². The molecule has 0 rings (SSSR count). The van der Waals surface area contributed by atoms with E-state index in [-0.39, 0.29) is 5.82 Å². The maximum Gasteiger partial charge on any atom is 0.164 e. The fourth-order valence-electron chi connectivity index (χ4n) is 0.399. The second kappa shape index (κ2) is 3.82. The summed E-state index contributed by atoms with van der Waals surface area (Å²) in [6, 6.07) is 0. The first kappa shape index (κ1) is 8.88. The molecule has 56 valence electrons. The van der Waals surface area contributed by atoms with Crippen molar-refractivity contribution in [1.82, 2.24) is 0 Å². The predicted molar refractivity (Wildman–Crippen MR) is 41.3 cm³/mol. The van der Waals surface area contributed by atoms with Gasteiger partial charge in [0.15, 0.2) is 11.6 Å². The molecule has 0 aromatic heterocycles. The Hall–Kier alpha value is -1.12. The van der Waals surface area contributed by atoms with Crippen molar-refractivity contribution in [2.24, 2.45) is 10.7 Å². The second-order valence-electron chi connectivity index (χ2n) is 2.00. The first-order valence-corrected chi connectivity index (χ1v) is 2.87. The lowest BCUT2D eigenvalue weighted by Crippen LogP contribution is -1.98. The zero-order chi connectivity index (χ0) is 8.15. The molecule has 0 atom stereocenters. The Balaban J connectivity index is 4.48. The zero-order valence-electron chi connectivity index (χ0n) is 6.19. The van der Waals surface area contributed by atoms with E-state index in [0.29, 0.717) is 0 Å². The number of nitrogens with two attached hydrogens (primary N) is 1. The molecule has 0 aliphatic rings. The van der Waals surface area contributed by atoms with Gasteiger partial charge in [-0.25, -0.2) is 9.38 Å². The Morgan fingerprint density at radius 2 is 2.10 bits per heavy atom. The molecule has 0 aliphatic carbocycles. The van der Waals surface area contributed by atoms with Crippen molar-refractivity contribution in [2.45, 2.75) is 13.8 Å². The number of halogens is 1. The van der Waals surface area contributed by atoms with Crippen LogP contribution >= 0.6 is 0 Å². The van der Waals surface area contributed by atoms with Gasteiger partial charge in [-0.1, -0.05) is 6.58 Å². The van der Waals surface area contributed by atoms with Crippen LogP contribution in [0.25, 0.3) is 0 Å². The summed E-state index contributed by atoms with van der Waals surface area (Å²) >= 11 is 0. The average molecular weight is 142 g/mol. The van der Waals surface area contributed by atoms with E-state index < -0.39 is 5.83 Å². The summed E-state index contributed by atoms with van der Waals surface area (Å²) in [5.74, 6) is -0.698. The van der Waals surface area contributed by atoms with Crippen molar-refractivity contribution in [3.63, 3.8) is 0 Å². The highest BCUT2D eigenvalue weighted by atomic mass is 19.1. The third-order valence-electron chi connectivity index (χ3n) is 0.768. The van der Waals surface area contributed by atoms with E-state index in [1.165, 1.54) is 0 Å². The lowest BCUT2D eigenvalue weighted by Gasteiger charge is -1.93. The van der Waals surface area contributed by atoms with Crippen LogP contribution in [-0.4, -0.2) is 5.71 Å². The standard InChI is InChI=1S/C7H11FN2/c1-4-6(8)7(9)10-5(2)3/h4H,1,9H2,2-3H3/b7-6+. The average Bonchev–Trinajstić information content (AvgIpc) is 1.85. The molecule has 0 saturated heterocycles. The molecule has 0 aromatic carbocycles. The minimum atomic E-state index is -0.582. The lowest BCUT2D eigenvalue weighted by molar-refractivity contribution is 0.650. The molecular formula is C7H11FN2. The molecule has 0 amide bonds. The highest BCUT2D eigenvalue weighted by Gasteiger charge is 1.93. The first-order valence-electron chi connectivity index (χ1n) is 2.87. The molecule has 0 unspecified atom stereocenters. The molecule has 2 N–H and O–H groups in total. The topological polar surface area (TPSA) is 38.4 Å². The van der Waals surface area contributed by atoms with Crippen molar-refractivity contribution in [2.75, 3.05) is 0 Å². The first-order chi connectivity index (χ1) is 4.57. The van der Waals surface area contributed by atoms with Gasteiger partial charge in [-0.2, -0.15) is 0 Å². The summed E-state index contributed by atoms with van der Waals surface area (Å²) in [7, 11) is 0. The Morgan fingerprint density at radius 1 is 1.60 bits per heavy atom. The van der Waals surface area contributed by atoms with E-state index in [1.54, 1.807) is 13.8 Å². The molecule has 0 spiro atoms. The van der Waals surface area contributed by atoms with Crippen LogP contribution in [0.15, 0.2) is 29.3 Å². The van der Waals surface area contributed by atoms with E-state index >= 15 is 0 Å². The summed E-state index contributed by atoms with van der Waals surface area (Å²) in [6.07, 6.45) is 1.03. The zero-order valence-corrected chi connectivity index (χ0v) is 6.19. The Bertz CT molecular complexity index is 188. The van der Waals surface area contributed by atoms with Crippen LogP contribution in [0.2, 0.25) is 0 Å². The molecule has 10 heavy (non-hydrogen) atoms. The van der Waals surface area contributed by atoms with E-state index in [4.69, 9.17) is 5.73 Å². The van der Waals surface area contributed by atoms with Crippen LogP contribution in [0, 0.1) is 0 Å². The van der Waals surface area contributed by atoms with Crippen LogP contribution in [0.5, 0.6) is 0 Å². The smallest absolute Gasteiger partial charge is 0.164 e. The van der Waals surface area contributed by atoms with Gasteiger partial charge in [0.25, 0.3) is 0 Å². The minimum absolute atomic E-state index is 0.116. The maximum atomic E-state index is 12.4. The summed E-state index contributed by atoms with van der Waals surface area (Å²) in [6.45, 7) is 6.69. The van der Waals surface area contributed by atoms with Crippen LogP contribution < -0.4 is 5.73 Å². The monoisotopic (exact) mass is 142 g/mol. The van der Waals surface area contributed by atoms with Gasteiger partial charge in [0.1, 0.15) is 0 Å². The minimum Gasteiger partial charge on any atom is -0.381 e. The molecule has 0 heterocycles. The highest BCUT2D eigenvalue weighted by Crippen LogP contribution is 2.02. The van der Waals surface area contributed by atoms with Gasteiger partial charge in [-0.05, 0) is 19.9 Å². The largest absolute Gasteiger partial charge is 0.381 e. The van der Waals surface area contributed by atoms with E-state index in [1.807, 2.05) is 0 Å². The third-order valence-corrected chi connectivity index (χ3v) is 0.768. The molecule has 0 saturated carbocycles. The van der Waals surface area contributed by atoms with Gasteiger partial charge in [0.2, 0.25) is 0 Å². The van der Waals surface area contributed by atoms with Gasteiger partial charge >= 0.3 is 0 Å². The normalized spacial score (nSPS) is 11.9. The molecule has 0 bridgehead atoms. The summed E-state index contributed by atoms with van der Waals surface area (Å²) in [4.78, 5) is 3.68. The van der Waals surface area contributed by atoms with Crippen LogP contribution in [0.1, 0.15) is 13.8 Å². The number of hydrogen-bond acceptors (Lipinski definition) is 2. The van der Waals surface area contributed by atoms with Gasteiger partial charge in [0.05, 0.1) is 0 Å².